The molecule has 6 N–H and O–H groups in total. The minimum Gasteiger partial charge on any atom is -0.459 e. The van der Waals surface area contributed by atoms with Gasteiger partial charge in [-0.1, -0.05) is 68.4 Å². The number of carbonyl (C=O) groups excluding carboxylic acids is 2. The van der Waals surface area contributed by atoms with Crippen LogP contribution in [-0.2, 0) is 58.7 Å². The van der Waals surface area contributed by atoms with Crippen molar-refractivity contribution in [2.45, 2.75) is 198 Å². The third-order valence-corrected chi connectivity index (χ3v) is 17.5. The molecule has 3 saturated heterocycles. The number of aliphatic hydroxyl groups is 4. The minimum atomic E-state index is -1.98. The highest BCUT2D eigenvalue weighted by Crippen LogP contribution is 2.43. The van der Waals surface area contributed by atoms with E-state index < -0.39 is 139 Å². The van der Waals surface area contributed by atoms with Crippen LogP contribution in [0.1, 0.15) is 129 Å². The van der Waals surface area contributed by atoms with Gasteiger partial charge in [0.2, 0.25) is 6.79 Å². The lowest BCUT2D eigenvalue weighted by Gasteiger charge is -2.50. The molecular formula is C59H92FN7O16. The molecule has 3 aromatic rings. The van der Waals surface area contributed by atoms with Crippen molar-refractivity contribution in [2.24, 2.45) is 34.6 Å². The fourth-order valence-corrected chi connectivity index (χ4v) is 12.3. The Morgan fingerprint density at radius 2 is 1.60 bits per heavy atom. The zero-order chi connectivity index (χ0) is 61.3. The number of esters is 1. The molecule has 1 aromatic carbocycles. The Bertz CT molecular complexity index is 2570. The van der Waals surface area contributed by atoms with Gasteiger partial charge in [0.1, 0.15) is 48.4 Å². The van der Waals surface area contributed by atoms with Crippen molar-refractivity contribution < 1.29 is 81.9 Å². The topological polar surface area (TPSA) is 293 Å². The summed E-state index contributed by atoms with van der Waals surface area (Å²) in [7, 11) is 7.86. The Kier molecular flexibility index (Phi) is 23.7. The fraction of sp³-hybridized carbons (Fsp3) is 0.729. The molecule has 466 valence electrons. The van der Waals surface area contributed by atoms with Crippen molar-refractivity contribution in [1.29, 1.82) is 0 Å². The fourth-order valence-electron chi connectivity index (χ4n) is 12.3. The monoisotopic (exact) mass is 1170 g/mol. The summed E-state index contributed by atoms with van der Waals surface area (Å²) < 4.78 is 73.0. The van der Waals surface area contributed by atoms with Crippen LogP contribution in [0.3, 0.4) is 0 Å². The van der Waals surface area contributed by atoms with Gasteiger partial charge in [0, 0.05) is 89.6 Å². The molecular weight excluding hydrogens is 1080 g/mol. The summed E-state index contributed by atoms with van der Waals surface area (Å²) in [6.07, 6.45) is -6.93. The Morgan fingerprint density at radius 3 is 2.19 bits per heavy atom. The van der Waals surface area contributed by atoms with Crippen LogP contribution < -0.4 is 5.73 Å². The quantitative estimate of drug-likeness (QED) is 0.0401. The van der Waals surface area contributed by atoms with Gasteiger partial charge in [-0.15, -0.1) is 5.10 Å². The van der Waals surface area contributed by atoms with E-state index in [4.69, 9.17) is 53.2 Å². The smallest absolute Gasteiger partial charge is 0.311 e. The first-order chi connectivity index (χ1) is 39.2. The van der Waals surface area contributed by atoms with Crippen molar-refractivity contribution in [2.75, 3.05) is 55.5 Å². The maximum absolute atomic E-state index is 15.1. The number of alkyl halides is 1. The van der Waals surface area contributed by atoms with Crippen molar-refractivity contribution in [3.05, 3.63) is 65.7 Å². The zero-order valence-electron chi connectivity index (χ0n) is 50.9. The molecule has 0 aliphatic carbocycles. The number of nitrogens with two attached hydrogens (primary N) is 1. The number of primary amides is 1. The number of ether oxygens (including phenoxy) is 9. The van der Waals surface area contributed by atoms with E-state index in [2.05, 4.69) is 20.5 Å². The number of aromatic nitrogens is 4. The normalized spacial score (nSPS) is 36.3. The number of benzene rings is 1. The number of nitrogens with zero attached hydrogens (tertiary/aromatic N) is 6. The van der Waals surface area contributed by atoms with Gasteiger partial charge in [0.15, 0.2) is 12.6 Å². The number of oxime groups is 1. The first-order valence-corrected chi connectivity index (χ1v) is 28.7. The number of pyridine rings is 1. The van der Waals surface area contributed by atoms with Gasteiger partial charge < -0.3 is 78.5 Å². The first-order valence-electron chi connectivity index (χ1n) is 28.7. The SMILES string of the molecule is CC[C@H]1OC(=O)[C@H](C)[C@@H](O[C@H]2C[C@@](C)(OC)[C@@H](O)[C@H](C)O2)[C@H](C)[C@@H](O[C@@H]2O[C@H](C)C[C@H](N(C)CCc3cn([C@H](CF)[C@H](OC)c4ccc(-c5ccc(C(N)=O)nc5)cc4)nn3)[C@H]2O)[C@](C)(OC)C[C@@H](C)/C(=N\OCOC)[C@H](C)[C@@H](O)[C@]1(C)O. The Morgan fingerprint density at radius 1 is 0.928 bits per heavy atom. The summed E-state index contributed by atoms with van der Waals surface area (Å²) in [5, 5.41) is 61.1. The number of carbonyl (C=O) groups is 2. The number of likely N-dealkylation sites (N-methyl/N-ethyl adjacent to an activating group) is 1. The number of cyclic esters (lactones) is 1. The molecule has 3 aliphatic rings. The molecule has 1 amide bonds. The van der Waals surface area contributed by atoms with Crippen molar-refractivity contribution in [3.8, 4) is 11.1 Å². The molecule has 23 nitrogen and oxygen atoms in total. The van der Waals surface area contributed by atoms with Crippen LogP contribution >= 0.6 is 0 Å². The van der Waals surface area contributed by atoms with Gasteiger partial charge in [0.25, 0.3) is 5.91 Å². The number of aliphatic hydroxyl groups excluding tert-OH is 3. The highest BCUT2D eigenvalue weighted by atomic mass is 19.1. The zero-order valence-corrected chi connectivity index (χ0v) is 50.9. The predicted octanol–water partition coefficient (Wildman–Crippen LogP) is 5.11. The Balaban J connectivity index is 1.29. The predicted molar refractivity (Wildman–Crippen MR) is 302 cm³/mol. The van der Waals surface area contributed by atoms with Crippen LogP contribution in [0, 0.1) is 23.7 Å². The number of hydrogen-bond acceptors (Lipinski definition) is 21. The maximum Gasteiger partial charge on any atom is 0.311 e. The van der Waals surface area contributed by atoms with Crippen molar-refractivity contribution >= 4 is 17.6 Å². The van der Waals surface area contributed by atoms with Gasteiger partial charge >= 0.3 is 5.97 Å². The molecule has 20 atom stereocenters. The van der Waals surface area contributed by atoms with E-state index in [0.717, 1.165) is 11.1 Å². The molecule has 0 bridgehead atoms. The highest BCUT2D eigenvalue weighted by Gasteiger charge is 2.54. The van der Waals surface area contributed by atoms with Crippen LogP contribution in [-0.4, -0.2) is 203 Å². The third kappa shape index (κ3) is 15.5. The molecule has 0 radical (unpaired) electrons. The van der Waals surface area contributed by atoms with Crippen LogP contribution in [0.2, 0.25) is 0 Å². The number of hydrogen-bond donors (Lipinski definition) is 5. The summed E-state index contributed by atoms with van der Waals surface area (Å²) in [5.74, 6) is -4.68. The third-order valence-electron chi connectivity index (χ3n) is 17.5. The summed E-state index contributed by atoms with van der Waals surface area (Å²) in [5.41, 5.74) is 4.33. The van der Waals surface area contributed by atoms with Gasteiger partial charge in [0.05, 0.1) is 59.0 Å². The Hall–Kier alpha value is -4.67. The van der Waals surface area contributed by atoms with Crippen molar-refractivity contribution in [3.63, 3.8) is 0 Å². The number of amides is 1. The maximum atomic E-state index is 15.1. The average Bonchev–Trinajstić information content (AvgIpc) is 4.02. The molecule has 5 heterocycles. The number of halogens is 1. The van der Waals surface area contributed by atoms with E-state index in [9.17, 15) is 30.0 Å². The lowest BCUT2D eigenvalue weighted by atomic mass is 9.73. The highest BCUT2D eigenvalue weighted by molar-refractivity contribution is 5.91. The second kappa shape index (κ2) is 29.1. The average molecular weight is 1170 g/mol. The molecule has 6 rings (SSSR count). The molecule has 2 aromatic heterocycles. The second-order valence-electron chi connectivity index (χ2n) is 23.5. The first kappa shape index (κ1) is 67.5. The second-order valence-corrected chi connectivity index (χ2v) is 23.5. The van der Waals surface area contributed by atoms with Gasteiger partial charge in [-0.2, -0.15) is 0 Å². The molecule has 3 fully saturated rings. The standard InChI is InChI=1S/C59H92FN7O16/c1-16-45-59(10,73)51(69)34(4)47(64-78-31-74-12)32(2)26-58(9,77-15)53(35(5)49(36(6)55(72)81-45)82-46-27-57(8,76-14)52(70)37(7)80-46)83-56-48(68)43(25-33(3)79-56)66(11)24-23-41-30-67(65-63-41)44(28-60)50(75-13)39-19-17-38(18-20-39)40-21-22-42(54(61)71)62-29-40/h17-22,29-30,32-37,43-46,48-53,56,68-70,73H,16,23-28,31H2,1-15H3,(H2,61,71)/b64-47+/t32-,33-,34+,35+,36-,37+,43+,44-,45-,46+,48-,49+,50-,51-,52+,53-,56+,57-,58-,59-/m1/s1. The number of methoxy groups -OCH3 is 4. The van der Waals surface area contributed by atoms with E-state index in [-0.39, 0.29) is 31.7 Å². The summed E-state index contributed by atoms with van der Waals surface area (Å²) in [6, 6.07) is 9.32. The van der Waals surface area contributed by atoms with Crippen LogP contribution in [0.4, 0.5) is 4.39 Å². The molecule has 24 heteroatoms. The summed E-state index contributed by atoms with van der Waals surface area (Å²) >= 11 is 0. The minimum absolute atomic E-state index is 0.0739. The van der Waals surface area contributed by atoms with E-state index in [1.807, 2.05) is 63.9 Å². The van der Waals surface area contributed by atoms with Crippen LogP contribution in [0.25, 0.3) is 11.1 Å². The molecule has 3 aliphatic heterocycles. The van der Waals surface area contributed by atoms with E-state index >= 15 is 4.39 Å². The van der Waals surface area contributed by atoms with Gasteiger partial charge in [-0.25, -0.2) is 9.07 Å². The summed E-state index contributed by atoms with van der Waals surface area (Å²) in [4.78, 5) is 37.9. The lowest BCUT2D eigenvalue weighted by molar-refractivity contribution is -0.319. The largest absolute Gasteiger partial charge is 0.459 e. The Labute approximate surface area is 487 Å². The number of rotatable bonds is 21. The van der Waals surface area contributed by atoms with Gasteiger partial charge in [-0.05, 0) is 85.0 Å². The molecule has 0 unspecified atom stereocenters. The molecule has 0 saturated carbocycles. The van der Waals surface area contributed by atoms with E-state index in [1.54, 1.807) is 59.1 Å². The molecule has 83 heavy (non-hydrogen) atoms. The van der Waals surface area contributed by atoms with Gasteiger partial charge in [-0.3, -0.25) is 14.6 Å². The molecule has 0 spiro atoms. The lowest BCUT2D eigenvalue weighted by Crippen LogP contribution is -2.61. The van der Waals surface area contributed by atoms with Crippen molar-refractivity contribution in [1.82, 2.24) is 24.9 Å². The van der Waals surface area contributed by atoms with Crippen LogP contribution in [0.15, 0.2) is 53.9 Å². The van der Waals surface area contributed by atoms with Crippen LogP contribution in [0.5, 0.6) is 0 Å². The van der Waals surface area contributed by atoms with E-state index in [1.165, 1.54) is 40.0 Å². The summed E-state index contributed by atoms with van der Waals surface area (Å²) in [6.45, 7) is 16.8. The van der Waals surface area contributed by atoms with E-state index in [0.29, 0.717) is 36.4 Å².